The quantitative estimate of drug-likeness (QED) is 0.317. The van der Waals surface area contributed by atoms with Crippen molar-refractivity contribution >= 4 is 28.9 Å². The van der Waals surface area contributed by atoms with E-state index in [4.69, 9.17) is 9.84 Å². The fourth-order valence-electron chi connectivity index (χ4n) is 4.14. The van der Waals surface area contributed by atoms with Crippen molar-refractivity contribution in [2.24, 2.45) is 0 Å². The minimum atomic E-state index is -0.745. The number of pyridine rings is 1. The van der Waals surface area contributed by atoms with E-state index in [2.05, 4.69) is 15.3 Å². The van der Waals surface area contributed by atoms with Crippen LogP contribution in [0.2, 0.25) is 0 Å². The van der Waals surface area contributed by atoms with Gasteiger partial charge in [-0.1, -0.05) is 6.07 Å². The van der Waals surface area contributed by atoms with Crippen LogP contribution in [0.1, 0.15) is 58.6 Å². The van der Waals surface area contributed by atoms with E-state index >= 15 is 0 Å². The molecule has 0 aliphatic heterocycles. The smallest absolute Gasteiger partial charge is 0.303 e. The molecule has 0 saturated carbocycles. The standard InChI is InChI=1S/C25H27N3O4S/c1-15-24(16(2)29)33-25(28-15)19-6-9-22(27-14-19)26-10-3-11-32-20-7-8-21-17(12-20)4-5-18(21)13-23(30)31/h6-9,12,14,18H,3-5,10-11,13H2,1-2H3,(H,26,27)(H,30,31)/t18-/m0/s1. The van der Waals surface area contributed by atoms with Gasteiger partial charge in [0.05, 0.1) is 23.6 Å². The number of anilines is 1. The van der Waals surface area contributed by atoms with Gasteiger partial charge >= 0.3 is 5.97 Å². The Hall–Kier alpha value is -3.26. The Balaban J connectivity index is 1.23. The molecule has 0 amide bonds. The van der Waals surface area contributed by atoms with Crippen LogP contribution in [0.4, 0.5) is 5.82 Å². The van der Waals surface area contributed by atoms with Crippen LogP contribution in [0.25, 0.3) is 10.6 Å². The zero-order valence-electron chi connectivity index (χ0n) is 18.8. The SMILES string of the molecule is CC(=O)c1sc(-c2ccc(NCCCOc3ccc4c(c3)CC[C@H]4CC(=O)O)nc2)nc1C. The molecule has 1 atom stereocenters. The number of nitrogens with one attached hydrogen (secondary N) is 1. The third-order valence-electron chi connectivity index (χ3n) is 5.76. The number of rotatable bonds is 10. The number of benzene rings is 1. The lowest BCUT2D eigenvalue weighted by atomic mass is 9.98. The summed E-state index contributed by atoms with van der Waals surface area (Å²) in [6.07, 6.45) is 4.57. The summed E-state index contributed by atoms with van der Waals surface area (Å²) in [6, 6.07) is 9.86. The number of aryl methyl sites for hydroxylation is 2. The first kappa shape index (κ1) is 22.9. The number of hydrogen-bond acceptors (Lipinski definition) is 7. The lowest BCUT2D eigenvalue weighted by Crippen LogP contribution is -2.08. The van der Waals surface area contributed by atoms with Gasteiger partial charge in [-0.2, -0.15) is 0 Å². The molecular formula is C25H27N3O4S. The number of thiazole rings is 1. The second-order valence-corrected chi connectivity index (χ2v) is 9.24. The summed E-state index contributed by atoms with van der Waals surface area (Å²) in [5.74, 6) is 1.01. The highest BCUT2D eigenvalue weighted by atomic mass is 32.1. The van der Waals surface area contributed by atoms with Gasteiger partial charge in [-0.3, -0.25) is 9.59 Å². The fraction of sp³-hybridized carbons (Fsp3) is 0.360. The Bertz CT molecular complexity index is 1160. The number of Topliss-reactive ketones (excluding diaryl/α,β-unsaturated/α-hetero) is 1. The van der Waals surface area contributed by atoms with E-state index in [1.807, 2.05) is 37.3 Å². The van der Waals surface area contributed by atoms with E-state index in [0.29, 0.717) is 11.5 Å². The molecule has 1 aliphatic rings. The molecule has 0 bridgehead atoms. The van der Waals surface area contributed by atoms with Crippen molar-refractivity contribution in [2.75, 3.05) is 18.5 Å². The number of carbonyl (C=O) groups is 2. The summed E-state index contributed by atoms with van der Waals surface area (Å²) in [5, 5.41) is 13.1. The largest absolute Gasteiger partial charge is 0.494 e. The maximum Gasteiger partial charge on any atom is 0.303 e. The molecule has 1 aromatic carbocycles. The topological polar surface area (TPSA) is 101 Å². The summed E-state index contributed by atoms with van der Waals surface area (Å²) in [4.78, 5) is 32.3. The minimum absolute atomic E-state index is 0.0342. The van der Waals surface area contributed by atoms with Gasteiger partial charge in [0.25, 0.3) is 0 Å². The third-order valence-corrected chi connectivity index (χ3v) is 7.07. The number of carbonyl (C=O) groups excluding carboxylic acids is 1. The maximum absolute atomic E-state index is 11.6. The Morgan fingerprint density at radius 2 is 2.12 bits per heavy atom. The molecule has 0 saturated heterocycles. The molecule has 7 nitrogen and oxygen atoms in total. The lowest BCUT2D eigenvalue weighted by molar-refractivity contribution is -0.137. The predicted octanol–water partition coefficient (Wildman–Crippen LogP) is 5.10. The molecule has 3 aromatic rings. The summed E-state index contributed by atoms with van der Waals surface area (Å²) >= 11 is 1.40. The molecule has 172 valence electrons. The van der Waals surface area contributed by atoms with Crippen LogP contribution >= 0.6 is 11.3 Å². The predicted molar refractivity (Wildman–Crippen MR) is 128 cm³/mol. The second-order valence-electron chi connectivity index (χ2n) is 8.24. The van der Waals surface area contributed by atoms with E-state index in [0.717, 1.165) is 59.2 Å². The zero-order valence-corrected chi connectivity index (χ0v) is 19.6. The number of fused-ring (bicyclic) bond motifs is 1. The normalized spacial score (nSPS) is 14.7. The Kier molecular flexibility index (Phi) is 7.03. The molecule has 0 radical (unpaired) electrons. The summed E-state index contributed by atoms with van der Waals surface area (Å²) in [7, 11) is 0. The van der Waals surface area contributed by atoms with Crippen LogP contribution < -0.4 is 10.1 Å². The molecule has 0 spiro atoms. The van der Waals surface area contributed by atoms with Crippen molar-refractivity contribution in [1.29, 1.82) is 0 Å². The van der Waals surface area contributed by atoms with E-state index in [1.165, 1.54) is 16.9 Å². The van der Waals surface area contributed by atoms with Crippen LogP contribution in [-0.4, -0.2) is 40.0 Å². The van der Waals surface area contributed by atoms with Crippen molar-refractivity contribution in [1.82, 2.24) is 9.97 Å². The molecule has 2 aromatic heterocycles. The molecule has 0 fully saturated rings. The molecule has 33 heavy (non-hydrogen) atoms. The van der Waals surface area contributed by atoms with Gasteiger partial charge in [0.2, 0.25) is 0 Å². The van der Waals surface area contributed by atoms with Crippen LogP contribution in [0, 0.1) is 6.92 Å². The minimum Gasteiger partial charge on any atom is -0.494 e. The van der Waals surface area contributed by atoms with Gasteiger partial charge in [0.1, 0.15) is 16.6 Å². The van der Waals surface area contributed by atoms with Crippen molar-refractivity contribution < 1.29 is 19.4 Å². The van der Waals surface area contributed by atoms with Crippen LogP contribution in [0.15, 0.2) is 36.5 Å². The van der Waals surface area contributed by atoms with Crippen molar-refractivity contribution in [2.45, 2.75) is 45.4 Å². The third kappa shape index (κ3) is 5.57. The number of hydrogen-bond donors (Lipinski definition) is 2. The first-order valence-electron chi connectivity index (χ1n) is 11.1. The molecule has 2 heterocycles. The molecule has 8 heteroatoms. The average Bonchev–Trinajstić information content (AvgIpc) is 3.37. The number of carboxylic acids is 1. The van der Waals surface area contributed by atoms with E-state index in [-0.39, 0.29) is 18.1 Å². The first-order valence-corrected chi connectivity index (χ1v) is 11.9. The Labute approximate surface area is 196 Å². The highest BCUT2D eigenvalue weighted by molar-refractivity contribution is 7.17. The summed E-state index contributed by atoms with van der Waals surface area (Å²) in [6.45, 7) is 4.71. The monoisotopic (exact) mass is 465 g/mol. The molecule has 0 unspecified atom stereocenters. The second kappa shape index (κ2) is 10.1. The van der Waals surface area contributed by atoms with Crippen LogP contribution in [0.3, 0.4) is 0 Å². The van der Waals surface area contributed by atoms with Crippen molar-refractivity contribution in [3.63, 3.8) is 0 Å². The van der Waals surface area contributed by atoms with Gasteiger partial charge in [-0.15, -0.1) is 11.3 Å². The van der Waals surface area contributed by atoms with Crippen LogP contribution in [-0.2, 0) is 11.2 Å². The number of carboxylic acid groups (broad SMARTS) is 1. The van der Waals surface area contributed by atoms with Crippen molar-refractivity contribution in [3.8, 4) is 16.3 Å². The molecule has 1 aliphatic carbocycles. The van der Waals surface area contributed by atoms with Gasteiger partial charge in [-0.25, -0.2) is 9.97 Å². The highest BCUT2D eigenvalue weighted by Gasteiger charge is 2.24. The van der Waals surface area contributed by atoms with Crippen molar-refractivity contribution in [3.05, 3.63) is 58.2 Å². The number of aliphatic carboxylic acids is 1. The highest BCUT2D eigenvalue weighted by Crippen LogP contribution is 2.37. The van der Waals surface area contributed by atoms with E-state index in [9.17, 15) is 9.59 Å². The number of nitrogens with zero attached hydrogens (tertiary/aromatic N) is 2. The van der Waals surface area contributed by atoms with Gasteiger partial charge < -0.3 is 15.2 Å². The lowest BCUT2D eigenvalue weighted by Gasteiger charge is -2.11. The average molecular weight is 466 g/mol. The molecule has 4 rings (SSSR count). The summed E-state index contributed by atoms with van der Waals surface area (Å²) in [5.41, 5.74) is 4.00. The fourth-order valence-corrected chi connectivity index (χ4v) is 5.10. The van der Waals surface area contributed by atoms with Crippen LogP contribution in [0.5, 0.6) is 5.75 Å². The van der Waals surface area contributed by atoms with E-state index < -0.39 is 5.97 Å². The first-order chi connectivity index (χ1) is 15.9. The molecule has 2 N–H and O–H groups in total. The van der Waals surface area contributed by atoms with Gasteiger partial charge in [-0.05, 0) is 67.5 Å². The summed E-state index contributed by atoms with van der Waals surface area (Å²) < 4.78 is 5.88. The maximum atomic E-state index is 11.6. The number of ketones is 1. The number of aromatic nitrogens is 2. The zero-order chi connectivity index (χ0) is 23.4. The molecular weight excluding hydrogens is 438 g/mol. The van der Waals surface area contributed by atoms with Gasteiger partial charge in [0.15, 0.2) is 5.78 Å². The Morgan fingerprint density at radius 3 is 2.82 bits per heavy atom. The van der Waals surface area contributed by atoms with E-state index in [1.54, 1.807) is 13.1 Å². The Morgan fingerprint density at radius 1 is 1.27 bits per heavy atom. The van der Waals surface area contributed by atoms with Gasteiger partial charge in [0, 0.05) is 25.2 Å². The number of ether oxygens (including phenoxy) is 1.